The second kappa shape index (κ2) is 5.87. The molecule has 108 valence electrons. The van der Waals surface area contributed by atoms with Crippen LogP contribution in [0.1, 0.15) is 36.1 Å². The summed E-state index contributed by atoms with van der Waals surface area (Å²) in [5.74, 6) is 2.86. The average Bonchev–Trinajstić information content (AvgIpc) is 2.80. The molecule has 0 unspecified atom stereocenters. The monoisotopic (exact) mass is 304 g/mol. The summed E-state index contributed by atoms with van der Waals surface area (Å²) in [6, 6.07) is 14.4. The van der Waals surface area contributed by atoms with Crippen molar-refractivity contribution in [2.24, 2.45) is 0 Å². The minimum atomic E-state index is 0.748. The number of benzene rings is 2. The first-order valence-electron chi connectivity index (χ1n) is 7.43. The van der Waals surface area contributed by atoms with E-state index in [1.54, 1.807) is 0 Å². The van der Waals surface area contributed by atoms with Gasteiger partial charge in [0.2, 0.25) is 0 Å². The molecule has 0 saturated heterocycles. The lowest BCUT2D eigenvalue weighted by atomic mass is 9.98. The highest BCUT2D eigenvalue weighted by molar-refractivity contribution is 6.30. The summed E-state index contributed by atoms with van der Waals surface area (Å²) in [5.41, 5.74) is 8.21. The van der Waals surface area contributed by atoms with Gasteiger partial charge in [-0.15, -0.1) is 6.42 Å². The molecule has 0 fully saturated rings. The van der Waals surface area contributed by atoms with E-state index < -0.39 is 0 Å². The SMILES string of the molecule is C#CC1=C(C)C(=Cc2ccc(Cl)cc2)c2ccc(CC)cc21. The van der Waals surface area contributed by atoms with Crippen molar-refractivity contribution in [3.8, 4) is 12.3 Å². The molecule has 0 saturated carbocycles. The van der Waals surface area contributed by atoms with E-state index in [0.717, 1.165) is 22.6 Å². The van der Waals surface area contributed by atoms with Gasteiger partial charge in [0.15, 0.2) is 0 Å². The highest BCUT2D eigenvalue weighted by Crippen LogP contribution is 2.42. The van der Waals surface area contributed by atoms with E-state index in [4.69, 9.17) is 18.0 Å². The second-order valence-electron chi connectivity index (χ2n) is 5.49. The molecule has 0 bridgehead atoms. The standard InChI is InChI=1S/C21H17Cl/c1-4-15-8-11-19-20(13-16-6-9-17(22)10-7-16)14(3)18(5-2)21(19)12-15/h2,6-13H,4H2,1,3H3. The van der Waals surface area contributed by atoms with Crippen LogP contribution in [-0.2, 0) is 6.42 Å². The van der Waals surface area contributed by atoms with Crippen molar-refractivity contribution in [3.05, 3.63) is 75.3 Å². The van der Waals surface area contributed by atoms with Gasteiger partial charge in [-0.1, -0.05) is 48.7 Å². The predicted molar refractivity (Wildman–Crippen MR) is 96.6 cm³/mol. The average molecular weight is 305 g/mol. The van der Waals surface area contributed by atoms with Crippen LogP contribution >= 0.6 is 11.6 Å². The lowest BCUT2D eigenvalue weighted by molar-refractivity contribution is 1.14. The van der Waals surface area contributed by atoms with Crippen LogP contribution in [-0.4, -0.2) is 0 Å². The molecule has 0 atom stereocenters. The van der Waals surface area contributed by atoms with Crippen LogP contribution < -0.4 is 0 Å². The van der Waals surface area contributed by atoms with Crippen molar-refractivity contribution in [3.63, 3.8) is 0 Å². The first-order chi connectivity index (χ1) is 10.6. The van der Waals surface area contributed by atoms with E-state index in [2.05, 4.69) is 44.0 Å². The van der Waals surface area contributed by atoms with Gasteiger partial charge < -0.3 is 0 Å². The van der Waals surface area contributed by atoms with Gasteiger partial charge in [-0.2, -0.15) is 0 Å². The van der Waals surface area contributed by atoms with Crippen molar-refractivity contribution in [1.29, 1.82) is 0 Å². The zero-order chi connectivity index (χ0) is 15.7. The Morgan fingerprint density at radius 3 is 2.45 bits per heavy atom. The number of aryl methyl sites for hydroxylation is 1. The molecule has 3 rings (SSSR count). The maximum Gasteiger partial charge on any atom is 0.0406 e. The summed E-state index contributed by atoms with van der Waals surface area (Å²) in [5, 5.41) is 0.748. The number of halogens is 1. The molecule has 0 spiro atoms. The van der Waals surface area contributed by atoms with E-state index in [0.29, 0.717) is 0 Å². The quantitative estimate of drug-likeness (QED) is 0.609. The van der Waals surface area contributed by atoms with Crippen LogP contribution in [0.25, 0.3) is 17.2 Å². The Morgan fingerprint density at radius 1 is 1.09 bits per heavy atom. The molecule has 0 amide bonds. The van der Waals surface area contributed by atoms with E-state index in [-0.39, 0.29) is 0 Å². The maximum absolute atomic E-state index is 5.96. The largest absolute Gasteiger partial charge is 0.115 e. The van der Waals surface area contributed by atoms with Crippen LogP contribution in [0.5, 0.6) is 0 Å². The molecule has 0 aliphatic heterocycles. The molecule has 0 heterocycles. The number of hydrogen-bond donors (Lipinski definition) is 0. The molecule has 0 nitrogen and oxygen atoms in total. The van der Waals surface area contributed by atoms with Gasteiger partial charge in [0.05, 0.1) is 0 Å². The molecule has 0 radical (unpaired) electrons. The Balaban J connectivity index is 2.16. The lowest BCUT2D eigenvalue weighted by Crippen LogP contribution is -1.88. The van der Waals surface area contributed by atoms with Gasteiger partial charge in [-0.05, 0) is 71.0 Å². The topological polar surface area (TPSA) is 0 Å². The van der Waals surface area contributed by atoms with Gasteiger partial charge in [0.1, 0.15) is 0 Å². The smallest absolute Gasteiger partial charge is 0.0406 e. The van der Waals surface area contributed by atoms with Gasteiger partial charge >= 0.3 is 0 Å². The molecule has 1 aliphatic rings. The van der Waals surface area contributed by atoms with Crippen LogP contribution in [0.4, 0.5) is 0 Å². The highest BCUT2D eigenvalue weighted by Gasteiger charge is 2.22. The maximum atomic E-state index is 5.96. The van der Waals surface area contributed by atoms with Gasteiger partial charge in [0.25, 0.3) is 0 Å². The molecule has 1 aliphatic carbocycles. The van der Waals surface area contributed by atoms with E-state index >= 15 is 0 Å². The van der Waals surface area contributed by atoms with Gasteiger partial charge in [0, 0.05) is 10.6 Å². The van der Waals surface area contributed by atoms with Crippen molar-refractivity contribution < 1.29 is 0 Å². The Morgan fingerprint density at radius 2 is 1.82 bits per heavy atom. The predicted octanol–water partition coefficient (Wildman–Crippen LogP) is 5.86. The Kier molecular flexibility index (Phi) is 3.92. The third kappa shape index (κ3) is 2.49. The zero-order valence-electron chi connectivity index (χ0n) is 12.8. The number of rotatable bonds is 2. The summed E-state index contributed by atoms with van der Waals surface area (Å²) in [6.07, 6.45) is 8.95. The summed E-state index contributed by atoms with van der Waals surface area (Å²) in [4.78, 5) is 0. The fourth-order valence-corrected chi connectivity index (χ4v) is 3.02. The summed E-state index contributed by atoms with van der Waals surface area (Å²) in [6.45, 7) is 4.26. The normalized spacial score (nSPS) is 15.1. The van der Waals surface area contributed by atoms with E-state index in [9.17, 15) is 0 Å². The Bertz CT molecular complexity index is 827. The van der Waals surface area contributed by atoms with Crippen molar-refractivity contribution in [2.45, 2.75) is 20.3 Å². The highest BCUT2D eigenvalue weighted by atomic mass is 35.5. The minimum absolute atomic E-state index is 0.748. The summed E-state index contributed by atoms with van der Waals surface area (Å²) >= 11 is 5.96. The van der Waals surface area contributed by atoms with E-state index in [1.165, 1.54) is 27.8 Å². The van der Waals surface area contributed by atoms with Crippen LogP contribution in [0, 0.1) is 12.3 Å². The zero-order valence-corrected chi connectivity index (χ0v) is 13.5. The molecule has 1 heteroatoms. The molecular weight excluding hydrogens is 288 g/mol. The Labute approximate surface area is 137 Å². The fraction of sp³-hybridized carbons (Fsp3) is 0.143. The number of fused-ring (bicyclic) bond motifs is 1. The molecule has 22 heavy (non-hydrogen) atoms. The van der Waals surface area contributed by atoms with Crippen LogP contribution in [0.2, 0.25) is 5.02 Å². The third-order valence-electron chi connectivity index (χ3n) is 4.16. The summed E-state index contributed by atoms with van der Waals surface area (Å²) in [7, 11) is 0. The molecular formula is C21H17Cl. The van der Waals surface area contributed by atoms with Gasteiger partial charge in [-0.3, -0.25) is 0 Å². The van der Waals surface area contributed by atoms with E-state index in [1.807, 2.05) is 24.3 Å². The number of terminal acetylenes is 1. The molecule has 2 aromatic rings. The number of hydrogen-bond acceptors (Lipinski definition) is 0. The lowest BCUT2D eigenvalue weighted by Gasteiger charge is -2.06. The number of allylic oxidation sites excluding steroid dienone is 3. The van der Waals surface area contributed by atoms with Crippen LogP contribution in [0.3, 0.4) is 0 Å². The van der Waals surface area contributed by atoms with Crippen molar-refractivity contribution in [1.82, 2.24) is 0 Å². The minimum Gasteiger partial charge on any atom is -0.115 e. The van der Waals surface area contributed by atoms with Gasteiger partial charge in [-0.25, -0.2) is 0 Å². The first kappa shape index (κ1) is 14.7. The fourth-order valence-electron chi connectivity index (χ4n) is 2.89. The molecule has 0 N–H and O–H groups in total. The molecule has 2 aromatic carbocycles. The third-order valence-corrected chi connectivity index (χ3v) is 4.41. The second-order valence-corrected chi connectivity index (χ2v) is 5.92. The first-order valence-corrected chi connectivity index (χ1v) is 7.80. The van der Waals surface area contributed by atoms with Crippen molar-refractivity contribution >= 4 is 28.8 Å². The molecule has 0 aromatic heterocycles. The van der Waals surface area contributed by atoms with Crippen molar-refractivity contribution in [2.75, 3.05) is 0 Å². The summed E-state index contributed by atoms with van der Waals surface area (Å²) < 4.78 is 0. The van der Waals surface area contributed by atoms with Crippen LogP contribution in [0.15, 0.2) is 48.0 Å². The Hall–Kier alpha value is -2.23.